The summed E-state index contributed by atoms with van der Waals surface area (Å²) in [6.45, 7) is 5.82. The van der Waals surface area contributed by atoms with Gasteiger partial charge in [0.25, 0.3) is 0 Å². The lowest BCUT2D eigenvalue weighted by Gasteiger charge is -2.19. The molecule has 2 nitrogen and oxygen atoms in total. The molecule has 1 unspecified atom stereocenters. The van der Waals surface area contributed by atoms with Crippen LogP contribution >= 0.6 is 11.6 Å². The number of rotatable bonds is 7. The predicted octanol–water partition coefficient (Wildman–Crippen LogP) is 4.25. The highest BCUT2D eigenvalue weighted by Gasteiger charge is 2.11. The van der Waals surface area contributed by atoms with Crippen molar-refractivity contribution in [2.75, 3.05) is 13.2 Å². The van der Waals surface area contributed by atoms with Crippen molar-refractivity contribution in [3.8, 4) is 5.75 Å². The van der Waals surface area contributed by atoms with Crippen LogP contribution in [0.25, 0.3) is 0 Å². The van der Waals surface area contributed by atoms with Crippen molar-refractivity contribution < 1.29 is 4.74 Å². The second-order valence-corrected chi connectivity index (χ2v) is 5.59. The summed E-state index contributed by atoms with van der Waals surface area (Å²) in [6.07, 6.45) is 0.959. The van der Waals surface area contributed by atoms with Crippen LogP contribution in [0.15, 0.2) is 48.5 Å². The quantitative estimate of drug-likeness (QED) is 0.825. The van der Waals surface area contributed by atoms with Gasteiger partial charge in [-0.1, -0.05) is 48.9 Å². The van der Waals surface area contributed by atoms with Gasteiger partial charge >= 0.3 is 0 Å². The van der Waals surface area contributed by atoms with Gasteiger partial charge in [-0.25, -0.2) is 0 Å². The van der Waals surface area contributed by atoms with Gasteiger partial charge in [0.1, 0.15) is 12.4 Å². The molecule has 2 aromatic carbocycles. The molecule has 0 aliphatic carbocycles. The minimum atomic E-state index is 0.287. The lowest BCUT2D eigenvalue weighted by molar-refractivity contribution is 0.264. The van der Waals surface area contributed by atoms with Crippen molar-refractivity contribution in [2.24, 2.45) is 0 Å². The number of ether oxygens (including phenoxy) is 1. The third-order valence-electron chi connectivity index (χ3n) is 3.47. The summed E-state index contributed by atoms with van der Waals surface area (Å²) in [5.74, 6) is 0.815. The predicted molar refractivity (Wildman–Crippen MR) is 89.3 cm³/mol. The van der Waals surface area contributed by atoms with E-state index in [4.69, 9.17) is 16.3 Å². The van der Waals surface area contributed by atoms with Gasteiger partial charge < -0.3 is 10.1 Å². The number of hydrogen-bond acceptors (Lipinski definition) is 2. The van der Waals surface area contributed by atoms with Gasteiger partial charge in [0.2, 0.25) is 0 Å². The molecular formula is C18H22ClNO. The van der Waals surface area contributed by atoms with E-state index in [1.54, 1.807) is 0 Å². The Kier molecular flexibility index (Phi) is 6.09. The van der Waals surface area contributed by atoms with Gasteiger partial charge in [-0.05, 0) is 49.2 Å². The lowest BCUT2D eigenvalue weighted by Crippen LogP contribution is -2.36. The van der Waals surface area contributed by atoms with E-state index in [0.29, 0.717) is 11.6 Å². The van der Waals surface area contributed by atoms with Gasteiger partial charge in [-0.15, -0.1) is 0 Å². The van der Waals surface area contributed by atoms with Crippen LogP contribution in [0.3, 0.4) is 0 Å². The van der Waals surface area contributed by atoms with E-state index in [2.05, 4.69) is 43.4 Å². The molecule has 0 fully saturated rings. The molecule has 0 saturated heterocycles. The Morgan fingerprint density at radius 3 is 2.67 bits per heavy atom. The Bertz CT molecular complexity index is 571. The van der Waals surface area contributed by atoms with Gasteiger partial charge in [-0.3, -0.25) is 0 Å². The number of hydrogen-bond donors (Lipinski definition) is 1. The number of halogens is 1. The van der Waals surface area contributed by atoms with Crippen molar-refractivity contribution in [3.05, 3.63) is 64.7 Å². The SMILES string of the molecule is CCNC(COc1cccc(Cl)c1)Cc1ccccc1C. The number of benzene rings is 2. The van der Waals surface area contributed by atoms with Crippen molar-refractivity contribution in [3.63, 3.8) is 0 Å². The highest BCUT2D eigenvalue weighted by molar-refractivity contribution is 6.30. The maximum absolute atomic E-state index is 5.98. The molecule has 0 radical (unpaired) electrons. The molecule has 112 valence electrons. The fourth-order valence-corrected chi connectivity index (χ4v) is 2.52. The van der Waals surface area contributed by atoms with Crippen LogP contribution < -0.4 is 10.1 Å². The van der Waals surface area contributed by atoms with Crippen LogP contribution in [0.5, 0.6) is 5.75 Å². The number of likely N-dealkylation sites (N-methyl/N-ethyl adjacent to an activating group) is 1. The molecule has 3 heteroatoms. The van der Waals surface area contributed by atoms with E-state index in [1.165, 1.54) is 11.1 Å². The minimum Gasteiger partial charge on any atom is -0.492 e. The lowest BCUT2D eigenvalue weighted by atomic mass is 10.0. The summed E-state index contributed by atoms with van der Waals surface area (Å²) in [5, 5.41) is 4.19. The molecule has 0 aromatic heterocycles. The summed E-state index contributed by atoms with van der Waals surface area (Å²) < 4.78 is 5.87. The molecule has 0 heterocycles. The highest BCUT2D eigenvalue weighted by Crippen LogP contribution is 2.18. The Morgan fingerprint density at radius 2 is 1.95 bits per heavy atom. The summed E-state index contributed by atoms with van der Waals surface area (Å²) in [6, 6.07) is 16.3. The molecule has 0 aliphatic rings. The van der Waals surface area contributed by atoms with E-state index in [9.17, 15) is 0 Å². The second kappa shape index (κ2) is 8.06. The highest BCUT2D eigenvalue weighted by atomic mass is 35.5. The van der Waals surface area contributed by atoms with Crippen LogP contribution in [0.1, 0.15) is 18.1 Å². The van der Waals surface area contributed by atoms with Crippen LogP contribution in [-0.4, -0.2) is 19.2 Å². The molecular weight excluding hydrogens is 282 g/mol. The molecule has 0 amide bonds. The zero-order valence-electron chi connectivity index (χ0n) is 12.6. The fraction of sp³-hybridized carbons (Fsp3) is 0.333. The fourth-order valence-electron chi connectivity index (χ4n) is 2.34. The Balaban J connectivity index is 1.97. The first-order valence-electron chi connectivity index (χ1n) is 7.35. The third kappa shape index (κ3) is 5.07. The molecule has 2 rings (SSSR count). The van der Waals surface area contributed by atoms with E-state index >= 15 is 0 Å². The van der Waals surface area contributed by atoms with Crippen LogP contribution in [-0.2, 0) is 6.42 Å². The van der Waals surface area contributed by atoms with Crippen molar-refractivity contribution in [2.45, 2.75) is 26.3 Å². The molecule has 0 saturated carbocycles. The Labute approximate surface area is 132 Å². The monoisotopic (exact) mass is 303 g/mol. The van der Waals surface area contributed by atoms with Gasteiger partial charge in [-0.2, -0.15) is 0 Å². The molecule has 2 aromatic rings. The summed E-state index contributed by atoms with van der Waals surface area (Å²) >= 11 is 5.98. The topological polar surface area (TPSA) is 21.3 Å². The van der Waals surface area contributed by atoms with Crippen molar-refractivity contribution in [1.29, 1.82) is 0 Å². The maximum atomic E-state index is 5.98. The standard InChI is InChI=1S/C18H22ClNO/c1-3-20-17(11-15-8-5-4-7-14(15)2)13-21-18-10-6-9-16(19)12-18/h4-10,12,17,20H,3,11,13H2,1-2H3. The normalized spacial score (nSPS) is 12.1. The van der Waals surface area contributed by atoms with Crippen LogP contribution in [0, 0.1) is 6.92 Å². The van der Waals surface area contributed by atoms with Gasteiger partial charge in [0, 0.05) is 11.1 Å². The average Bonchev–Trinajstić information content (AvgIpc) is 2.47. The molecule has 21 heavy (non-hydrogen) atoms. The Hall–Kier alpha value is -1.51. The summed E-state index contributed by atoms with van der Waals surface area (Å²) in [7, 11) is 0. The zero-order valence-corrected chi connectivity index (χ0v) is 13.4. The first-order chi connectivity index (χ1) is 10.2. The summed E-state index contributed by atoms with van der Waals surface area (Å²) in [5.41, 5.74) is 2.68. The first kappa shape index (κ1) is 15.9. The van der Waals surface area contributed by atoms with E-state index in [0.717, 1.165) is 18.7 Å². The molecule has 0 aliphatic heterocycles. The summed E-state index contributed by atoms with van der Waals surface area (Å²) in [4.78, 5) is 0. The van der Waals surface area contributed by atoms with E-state index in [-0.39, 0.29) is 6.04 Å². The van der Waals surface area contributed by atoms with Crippen LogP contribution in [0.4, 0.5) is 0 Å². The van der Waals surface area contributed by atoms with Crippen LogP contribution in [0.2, 0.25) is 5.02 Å². The first-order valence-corrected chi connectivity index (χ1v) is 7.73. The third-order valence-corrected chi connectivity index (χ3v) is 3.70. The average molecular weight is 304 g/mol. The molecule has 1 N–H and O–H groups in total. The molecule has 0 bridgehead atoms. The van der Waals surface area contributed by atoms with E-state index in [1.807, 2.05) is 24.3 Å². The largest absolute Gasteiger partial charge is 0.492 e. The number of aryl methyl sites for hydroxylation is 1. The molecule has 0 spiro atoms. The minimum absolute atomic E-state index is 0.287. The molecule has 1 atom stereocenters. The second-order valence-electron chi connectivity index (χ2n) is 5.15. The maximum Gasteiger partial charge on any atom is 0.120 e. The van der Waals surface area contributed by atoms with Crippen molar-refractivity contribution in [1.82, 2.24) is 5.32 Å². The Morgan fingerprint density at radius 1 is 1.14 bits per heavy atom. The van der Waals surface area contributed by atoms with Crippen molar-refractivity contribution >= 4 is 11.6 Å². The zero-order chi connectivity index (χ0) is 15.1. The number of nitrogens with one attached hydrogen (secondary N) is 1. The van der Waals surface area contributed by atoms with E-state index < -0.39 is 0 Å². The van der Waals surface area contributed by atoms with Gasteiger partial charge in [0.05, 0.1) is 0 Å². The smallest absolute Gasteiger partial charge is 0.120 e. The van der Waals surface area contributed by atoms with Gasteiger partial charge in [0.15, 0.2) is 0 Å².